The third-order valence-electron chi connectivity index (χ3n) is 2.47. The first kappa shape index (κ1) is 11.1. The van der Waals surface area contributed by atoms with Gasteiger partial charge in [-0.2, -0.15) is 5.10 Å². The number of aryl methyl sites for hydroxylation is 1. The number of rotatable bonds is 3. The number of anilines is 1. The summed E-state index contributed by atoms with van der Waals surface area (Å²) in [5.74, 6) is -0.267. The largest absolute Gasteiger partial charge is 0.396 e. The number of hydrogen-bond donors (Lipinski definition) is 3. The number of nitrogens with zero attached hydrogens (tertiary/aromatic N) is 2. The molecule has 2 aromatic heterocycles. The van der Waals surface area contributed by atoms with Crippen LogP contribution in [0.5, 0.6) is 0 Å². The van der Waals surface area contributed by atoms with Gasteiger partial charge in [-0.3, -0.25) is 14.9 Å². The first-order valence-electron chi connectivity index (χ1n) is 5.15. The summed E-state index contributed by atoms with van der Waals surface area (Å²) in [5, 5.41) is 9.02. The van der Waals surface area contributed by atoms with Gasteiger partial charge in [0, 0.05) is 18.9 Å². The van der Waals surface area contributed by atoms with Gasteiger partial charge in [0.1, 0.15) is 5.69 Å². The van der Waals surface area contributed by atoms with E-state index in [1.807, 2.05) is 13.0 Å². The molecule has 88 valence electrons. The molecule has 2 aromatic rings. The molecule has 4 N–H and O–H groups in total. The molecule has 6 heteroatoms. The van der Waals surface area contributed by atoms with Crippen LogP contribution in [0.2, 0.25) is 0 Å². The first-order valence-corrected chi connectivity index (χ1v) is 5.15. The van der Waals surface area contributed by atoms with Gasteiger partial charge in [-0.05, 0) is 24.1 Å². The van der Waals surface area contributed by atoms with Gasteiger partial charge >= 0.3 is 0 Å². The molecule has 0 aliphatic rings. The van der Waals surface area contributed by atoms with E-state index in [2.05, 4.69) is 20.5 Å². The Morgan fingerprint density at radius 3 is 3.00 bits per heavy atom. The Balaban J connectivity index is 2.02. The number of nitrogen functional groups attached to an aromatic ring is 1. The van der Waals surface area contributed by atoms with Crippen LogP contribution in [0.1, 0.15) is 21.6 Å². The summed E-state index contributed by atoms with van der Waals surface area (Å²) in [6.45, 7) is 2.38. The van der Waals surface area contributed by atoms with Gasteiger partial charge < -0.3 is 11.1 Å². The van der Waals surface area contributed by atoms with Crippen molar-refractivity contribution in [2.45, 2.75) is 13.5 Å². The molecule has 0 bridgehead atoms. The number of carbonyl (C=O) groups is 1. The molecule has 1 amide bonds. The van der Waals surface area contributed by atoms with Gasteiger partial charge in [0.05, 0.1) is 11.9 Å². The lowest BCUT2D eigenvalue weighted by atomic mass is 10.1. The monoisotopic (exact) mass is 231 g/mol. The lowest BCUT2D eigenvalue weighted by Gasteiger charge is -2.06. The molecule has 2 heterocycles. The van der Waals surface area contributed by atoms with Crippen molar-refractivity contribution in [3.8, 4) is 0 Å². The number of nitrogens with two attached hydrogens (primary N) is 1. The summed E-state index contributed by atoms with van der Waals surface area (Å²) in [7, 11) is 0. The molecule has 0 fully saturated rings. The van der Waals surface area contributed by atoms with Crippen LogP contribution in [-0.2, 0) is 6.54 Å². The third-order valence-corrected chi connectivity index (χ3v) is 2.47. The summed E-state index contributed by atoms with van der Waals surface area (Å²) in [6.07, 6.45) is 4.86. The summed E-state index contributed by atoms with van der Waals surface area (Å²) in [6, 6.07) is 1.87. The molecule has 0 aromatic carbocycles. The summed E-state index contributed by atoms with van der Waals surface area (Å²) in [4.78, 5) is 15.7. The van der Waals surface area contributed by atoms with Crippen LogP contribution >= 0.6 is 0 Å². The molecular formula is C11H13N5O. The van der Waals surface area contributed by atoms with E-state index in [4.69, 9.17) is 5.73 Å². The minimum atomic E-state index is -0.267. The van der Waals surface area contributed by atoms with Crippen molar-refractivity contribution in [3.63, 3.8) is 0 Å². The van der Waals surface area contributed by atoms with E-state index in [0.717, 1.165) is 11.1 Å². The molecule has 0 atom stereocenters. The van der Waals surface area contributed by atoms with Crippen molar-refractivity contribution in [3.05, 3.63) is 41.5 Å². The highest BCUT2D eigenvalue weighted by Gasteiger charge is 2.11. The van der Waals surface area contributed by atoms with Gasteiger partial charge in [0.2, 0.25) is 0 Å². The average Bonchev–Trinajstić information content (AvgIpc) is 2.74. The quantitative estimate of drug-likeness (QED) is 0.721. The van der Waals surface area contributed by atoms with E-state index in [-0.39, 0.29) is 11.6 Å². The van der Waals surface area contributed by atoms with Gasteiger partial charge in [-0.1, -0.05) is 0 Å². The fourth-order valence-corrected chi connectivity index (χ4v) is 1.44. The lowest BCUT2D eigenvalue weighted by molar-refractivity contribution is 0.0946. The Labute approximate surface area is 98.3 Å². The lowest BCUT2D eigenvalue weighted by Crippen LogP contribution is -2.24. The van der Waals surface area contributed by atoms with Crippen LogP contribution in [-0.4, -0.2) is 21.1 Å². The maximum Gasteiger partial charge on any atom is 0.271 e. The van der Waals surface area contributed by atoms with Crippen molar-refractivity contribution in [1.29, 1.82) is 0 Å². The number of aromatic nitrogens is 3. The Bertz CT molecular complexity index is 534. The van der Waals surface area contributed by atoms with Gasteiger partial charge in [0.25, 0.3) is 5.91 Å². The van der Waals surface area contributed by atoms with Crippen molar-refractivity contribution in [2.75, 3.05) is 5.73 Å². The van der Waals surface area contributed by atoms with Crippen LogP contribution in [0.3, 0.4) is 0 Å². The molecule has 0 aliphatic heterocycles. The molecule has 0 saturated carbocycles. The minimum absolute atomic E-state index is 0.267. The molecule has 2 rings (SSSR count). The molecule has 0 saturated heterocycles. The molecule has 0 aliphatic carbocycles. The molecule has 0 radical (unpaired) electrons. The van der Waals surface area contributed by atoms with E-state index in [1.54, 1.807) is 12.4 Å². The number of carbonyl (C=O) groups excluding carboxylic acids is 1. The van der Waals surface area contributed by atoms with Crippen molar-refractivity contribution < 1.29 is 4.79 Å². The van der Waals surface area contributed by atoms with Crippen molar-refractivity contribution in [2.24, 2.45) is 0 Å². The molecule has 0 unspecified atom stereocenters. The molecular weight excluding hydrogens is 218 g/mol. The maximum atomic E-state index is 11.7. The van der Waals surface area contributed by atoms with Gasteiger partial charge in [-0.15, -0.1) is 0 Å². The van der Waals surface area contributed by atoms with Crippen LogP contribution in [0, 0.1) is 6.92 Å². The number of amides is 1. The summed E-state index contributed by atoms with van der Waals surface area (Å²) in [5.41, 5.74) is 8.26. The summed E-state index contributed by atoms with van der Waals surface area (Å²) < 4.78 is 0. The Kier molecular flexibility index (Phi) is 3.04. The van der Waals surface area contributed by atoms with Crippen LogP contribution in [0.25, 0.3) is 0 Å². The number of aromatic amines is 1. The second-order valence-electron chi connectivity index (χ2n) is 3.69. The van der Waals surface area contributed by atoms with E-state index < -0.39 is 0 Å². The van der Waals surface area contributed by atoms with Crippen molar-refractivity contribution >= 4 is 11.6 Å². The topological polar surface area (TPSA) is 96.7 Å². The second-order valence-corrected chi connectivity index (χ2v) is 3.69. The highest BCUT2D eigenvalue weighted by molar-refractivity contribution is 5.96. The summed E-state index contributed by atoms with van der Waals surface area (Å²) >= 11 is 0. The van der Waals surface area contributed by atoms with E-state index in [9.17, 15) is 4.79 Å². The normalized spacial score (nSPS) is 10.2. The predicted molar refractivity (Wildman–Crippen MR) is 63.1 cm³/mol. The zero-order chi connectivity index (χ0) is 12.3. The number of H-pyrrole nitrogens is 1. The minimum Gasteiger partial charge on any atom is -0.396 e. The van der Waals surface area contributed by atoms with E-state index in [0.29, 0.717) is 12.2 Å². The second kappa shape index (κ2) is 4.65. The average molecular weight is 231 g/mol. The molecule has 17 heavy (non-hydrogen) atoms. The number of hydrogen-bond acceptors (Lipinski definition) is 4. The maximum absolute atomic E-state index is 11.7. The molecule has 6 nitrogen and oxygen atoms in total. The fraction of sp³-hybridized carbons (Fsp3) is 0.182. The van der Waals surface area contributed by atoms with E-state index in [1.165, 1.54) is 6.20 Å². The zero-order valence-corrected chi connectivity index (χ0v) is 9.40. The van der Waals surface area contributed by atoms with Crippen LogP contribution < -0.4 is 11.1 Å². The fourth-order valence-electron chi connectivity index (χ4n) is 1.44. The predicted octanol–water partition coefficient (Wildman–Crippen LogP) is 0.625. The SMILES string of the molecule is Cc1cnccc1CNC(=O)c1[nH]ncc1N. The highest BCUT2D eigenvalue weighted by Crippen LogP contribution is 2.07. The van der Waals surface area contributed by atoms with E-state index >= 15 is 0 Å². The Morgan fingerprint density at radius 2 is 2.35 bits per heavy atom. The number of nitrogens with one attached hydrogen (secondary N) is 2. The number of pyridine rings is 1. The highest BCUT2D eigenvalue weighted by atomic mass is 16.1. The van der Waals surface area contributed by atoms with Gasteiger partial charge in [-0.25, -0.2) is 0 Å². The third kappa shape index (κ3) is 2.41. The smallest absolute Gasteiger partial charge is 0.271 e. The van der Waals surface area contributed by atoms with Crippen LogP contribution in [0.4, 0.5) is 5.69 Å². The first-order chi connectivity index (χ1) is 8.18. The zero-order valence-electron chi connectivity index (χ0n) is 9.40. The Hall–Kier alpha value is -2.37. The van der Waals surface area contributed by atoms with Crippen molar-refractivity contribution in [1.82, 2.24) is 20.5 Å². The standard InChI is InChI=1S/C11H13N5O/c1-7-4-13-3-2-8(7)5-14-11(17)10-9(12)6-15-16-10/h2-4,6H,5,12H2,1H3,(H,14,17)(H,15,16). The van der Waals surface area contributed by atoms with Crippen LogP contribution in [0.15, 0.2) is 24.7 Å². The van der Waals surface area contributed by atoms with Gasteiger partial charge in [0.15, 0.2) is 0 Å². The Morgan fingerprint density at radius 1 is 1.53 bits per heavy atom. The molecule has 0 spiro atoms.